The van der Waals surface area contributed by atoms with E-state index < -0.39 is 0 Å². The van der Waals surface area contributed by atoms with Crippen LogP contribution in [0.15, 0.2) is 95.5 Å². The zero-order chi connectivity index (χ0) is 22.7. The van der Waals surface area contributed by atoms with Gasteiger partial charge in [-0.25, -0.2) is 0 Å². The van der Waals surface area contributed by atoms with Gasteiger partial charge in [0.05, 0.1) is 0 Å². The van der Waals surface area contributed by atoms with Gasteiger partial charge in [0, 0.05) is 22.4 Å². The first-order chi connectivity index (χ1) is 16.9. The topological polar surface area (TPSA) is 69.6 Å². The highest BCUT2D eigenvalue weighted by atomic mass is 16.4. The maximum absolute atomic E-state index is 6.00. The molecule has 0 saturated heterocycles. The van der Waals surface area contributed by atoms with Crippen molar-refractivity contribution in [2.24, 2.45) is 0 Å². The van der Waals surface area contributed by atoms with Gasteiger partial charge in [0.1, 0.15) is 0 Å². The van der Waals surface area contributed by atoms with Gasteiger partial charge in [-0.2, -0.15) is 0 Å². The molecule has 0 fully saturated rings. The van der Waals surface area contributed by atoms with Gasteiger partial charge in [0.2, 0.25) is 11.8 Å². The summed E-state index contributed by atoms with van der Waals surface area (Å²) in [5, 5.41) is 17.8. The first kappa shape index (κ1) is 20.3. The summed E-state index contributed by atoms with van der Waals surface area (Å²) in [6.45, 7) is 0. The van der Waals surface area contributed by atoms with Gasteiger partial charge >= 0.3 is 0 Å². The third-order valence-electron chi connectivity index (χ3n) is 6.13. The summed E-state index contributed by atoms with van der Waals surface area (Å²) >= 11 is 0. The van der Waals surface area contributed by atoms with Gasteiger partial charge in [-0.15, -0.1) is 20.4 Å². The Labute approximate surface area is 197 Å². The Morgan fingerprint density at radius 3 is 1.94 bits per heavy atom. The molecule has 0 aliphatic heterocycles. The van der Waals surface area contributed by atoms with Crippen LogP contribution in [-0.2, 0) is 0 Å². The second-order valence-corrected chi connectivity index (χ2v) is 8.34. The molecule has 2 aliphatic rings. The standard InChI is InChI=1S/C28H23N5O/c1-4-10-20(11-5-1)25-29-30-26(33(25)24-14-8-3-9-15-24)21-16-18-23(19-17-21)28-32-31-27(34-28)22-12-6-2-7-13-22/h1-6,8-12,14-16,18H,7,13,17,19H2. The highest BCUT2D eigenvalue weighted by molar-refractivity contribution is 5.76. The Kier molecular flexibility index (Phi) is 5.32. The van der Waals surface area contributed by atoms with Gasteiger partial charge < -0.3 is 4.42 Å². The lowest BCUT2D eigenvalue weighted by Crippen LogP contribution is -2.04. The Morgan fingerprint density at radius 2 is 1.26 bits per heavy atom. The number of para-hydroxylation sites is 1. The van der Waals surface area contributed by atoms with E-state index in [1.807, 2.05) is 42.5 Å². The van der Waals surface area contributed by atoms with Crippen molar-refractivity contribution in [2.45, 2.75) is 25.7 Å². The molecular formula is C28H23N5O. The van der Waals surface area contributed by atoms with Crippen molar-refractivity contribution in [3.63, 3.8) is 0 Å². The van der Waals surface area contributed by atoms with E-state index in [1.165, 1.54) is 0 Å². The van der Waals surface area contributed by atoms with E-state index in [9.17, 15) is 0 Å². The minimum atomic E-state index is 0.593. The number of aromatic nitrogens is 5. The van der Waals surface area contributed by atoms with E-state index in [4.69, 9.17) is 4.42 Å². The molecule has 166 valence electrons. The maximum Gasteiger partial charge on any atom is 0.244 e. The van der Waals surface area contributed by atoms with Crippen molar-refractivity contribution in [3.8, 4) is 17.1 Å². The lowest BCUT2D eigenvalue weighted by molar-refractivity contribution is 0.519. The maximum atomic E-state index is 6.00. The number of hydrogen-bond donors (Lipinski definition) is 0. The van der Waals surface area contributed by atoms with Crippen LogP contribution in [0.3, 0.4) is 0 Å². The fourth-order valence-corrected chi connectivity index (χ4v) is 4.35. The first-order valence-corrected chi connectivity index (χ1v) is 11.5. The zero-order valence-electron chi connectivity index (χ0n) is 18.6. The number of nitrogens with zero attached hydrogens (tertiary/aromatic N) is 5. The summed E-state index contributed by atoms with van der Waals surface area (Å²) in [6, 6.07) is 20.4. The quantitative estimate of drug-likeness (QED) is 0.360. The number of benzene rings is 2. The molecule has 4 aromatic rings. The molecule has 6 heteroatoms. The monoisotopic (exact) mass is 445 g/mol. The molecule has 2 aromatic heterocycles. The third kappa shape index (κ3) is 3.83. The molecule has 6 nitrogen and oxygen atoms in total. The van der Waals surface area contributed by atoms with Crippen molar-refractivity contribution < 1.29 is 4.42 Å². The molecule has 2 heterocycles. The second-order valence-electron chi connectivity index (χ2n) is 8.34. The van der Waals surface area contributed by atoms with Crippen LogP contribution in [-0.4, -0.2) is 25.0 Å². The summed E-state index contributed by atoms with van der Waals surface area (Å²) in [7, 11) is 0. The van der Waals surface area contributed by atoms with Crippen LogP contribution in [0.1, 0.15) is 43.3 Å². The molecule has 0 atom stereocenters. The fourth-order valence-electron chi connectivity index (χ4n) is 4.35. The summed E-state index contributed by atoms with van der Waals surface area (Å²) < 4.78 is 8.14. The van der Waals surface area contributed by atoms with Crippen molar-refractivity contribution in [3.05, 3.63) is 109 Å². The van der Waals surface area contributed by atoms with Crippen molar-refractivity contribution in [1.29, 1.82) is 0 Å². The molecule has 6 rings (SSSR count). The fraction of sp³-hybridized carbons (Fsp3) is 0.143. The number of rotatable bonds is 5. The molecule has 0 amide bonds. The van der Waals surface area contributed by atoms with Crippen molar-refractivity contribution in [2.75, 3.05) is 0 Å². The van der Waals surface area contributed by atoms with Gasteiger partial charge in [0.25, 0.3) is 0 Å². The minimum Gasteiger partial charge on any atom is -0.417 e. The highest BCUT2D eigenvalue weighted by Crippen LogP contribution is 2.34. The Balaban J connectivity index is 1.35. The Bertz CT molecular complexity index is 1440. The molecule has 0 N–H and O–H groups in total. The third-order valence-corrected chi connectivity index (χ3v) is 6.13. The predicted octanol–water partition coefficient (Wildman–Crippen LogP) is 6.31. The second kappa shape index (κ2) is 8.90. The van der Waals surface area contributed by atoms with Crippen LogP contribution in [0.25, 0.3) is 33.8 Å². The lowest BCUT2D eigenvalue weighted by Gasteiger charge is -2.15. The van der Waals surface area contributed by atoms with Crippen LogP contribution in [0.5, 0.6) is 0 Å². The summed E-state index contributed by atoms with van der Waals surface area (Å²) in [5.41, 5.74) is 5.33. The van der Waals surface area contributed by atoms with Gasteiger partial charge in [-0.3, -0.25) is 4.57 Å². The highest BCUT2D eigenvalue weighted by Gasteiger charge is 2.22. The van der Waals surface area contributed by atoms with Crippen molar-refractivity contribution >= 4 is 16.7 Å². The molecule has 0 unspecified atom stereocenters. The predicted molar refractivity (Wildman–Crippen MR) is 133 cm³/mol. The van der Waals surface area contributed by atoms with E-state index in [-0.39, 0.29) is 0 Å². The van der Waals surface area contributed by atoms with E-state index in [2.05, 4.69) is 73.5 Å². The summed E-state index contributed by atoms with van der Waals surface area (Å²) in [5.74, 6) is 2.89. The van der Waals surface area contributed by atoms with Crippen LogP contribution >= 0.6 is 0 Å². The van der Waals surface area contributed by atoms with Crippen LogP contribution in [0.2, 0.25) is 0 Å². The summed E-state index contributed by atoms with van der Waals surface area (Å²) in [6.07, 6.45) is 14.0. The Morgan fingerprint density at radius 1 is 0.618 bits per heavy atom. The molecule has 2 aromatic carbocycles. The van der Waals surface area contributed by atoms with Crippen LogP contribution in [0.4, 0.5) is 0 Å². The normalized spacial score (nSPS) is 15.6. The van der Waals surface area contributed by atoms with Gasteiger partial charge in [-0.1, -0.05) is 78.9 Å². The van der Waals surface area contributed by atoms with E-state index in [0.29, 0.717) is 11.8 Å². The molecule has 0 spiro atoms. The largest absolute Gasteiger partial charge is 0.417 e. The zero-order valence-corrected chi connectivity index (χ0v) is 18.6. The van der Waals surface area contributed by atoms with E-state index >= 15 is 0 Å². The Hall–Kier alpha value is -4.32. The van der Waals surface area contributed by atoms with Crippen molar-refractivity contribution in [1.82, 2.24) is 25.0 Å². The number of hydrogen-bond acceptors (Lipinski definition) is 5. The first-order valence-electron chi connectivity index (χ1n) is 11.5. The minimum absolute atomic E-state index is 0.593. The summed E-state index contributed by atoms with van der Waals surface area (Å²) in [4.78, 5) is 0. The van der Waals surface area contributed by atoms with E-state index in [1.54, 1.807) is 0 Å². The van der Waals surface area contributed by atoms with E-state index in [0.717, 1.165) is 65.3 Å². The molecule has 34 heavy (non-hydrogen) atoms. The van der Waals surface area contributed by atoms with Gasteiger partial charge in [0.15, 0.2) is 11.6 Å². The lowest BCUT2D eigenvalue weighted by atomic mass is 9.97. The van der Waals surface area contributed by atoms with Gasteiger partial charge in [-0.05, 0) is 43.4 Å². The van der Waals surface area contributed by atoms with Crippen LogP contribution in [0, 0.1) is 0 Å². The van der Waals surface area contributed by atoms with Crippen LogP contribution < -0.4 is 0 Å². The molecule has 0 bridgehead atoms. The smallest absolute Gasteiger partial charge is 0.244 e. The molecular weight excluding hydrogens is 422 g/mol. The number of allylic oxidation sites excluding steroid dienone is 8. The average molecular weight is 446 g/mol. The average Bonchev–Trinajstić information content (AvgIpc) is 3.59. The molecule has 2 aliphatic carbocycles. The molecule has 0 saturated carbocycles. The molecule has 0 radical (unpaired) electrons. The SMILES string of the molecule is C1=CCCC(c2nnc(C3=CC=C(c4nnc(-c5ccccc5)n4-c4ccccc4)CC3)o2)=C1.